The molecule has 0 spiro atoms. The highest BCUT2D eigenvalue weighted by Gasteiger charge is 2.06. The number of anilines is 1. The molecule has 114 valence electrons. The highest BCUT2D eigenvalue weighted by atomic mass is 32.1. The average molecular weight is 318 g/mol. The molecule has 0 saturated carbocycles. The molecule has 0 unspecified atom stereocenters. The maximum Gasteiger partial charge on any atom is 0.337 e. The van der Waals surface area contributed by atoms with Crippen LogP contribution < -0.4 is 5.32 Å². The number of methoxy groups -OCH3 is 1. The summed E-state index contributed by atoms with van der Waals surface area (Å²) in [6.45, 7) is -0.194. The molecule has 2 aromatic rings. The highest BCUT2D eigenvalue weighted by Crippen LogP contribution is 2.10. The number of hydrogen-bond donors (Lipinski definition) is 1. The van der Waals surface area contributed by atoms with Crippen LogP contribution in [-0.2, 0) is 14.4 Å². The number of amides is 1. The third-order valence-electron chi connectivity index (χ3n) is 2.58. The van der Waals surface area contributed by atoms with Crippen molar-refractivity contribution in [1.29, 1.82) is 0 Å². The van der Waals surface area contributed by atoms with E-state index < -0.39 is 5.97 Å². The van der Waals surface area contributed by atoms with Gasteiger partial charge >= 0.3 is 5.97 Å². The zero-order chi connectivity index (χ0) is 15.8. The van der Waals surface area contributed by atoms with Gasteiger partial charge in [0.15, 0.2) is 6.61 Å². The molecule has 7 heteroatoms. The van der Waals surface area contributed by atoms with E-state index in [0.717, 1.165) is 4.88 Å². The van der Waals surface area contributed by atoms with E-state index >= 15 is 0 Å². The third kappa shape index (κ3) is 4.71. The lowest BCUT2D eigenvalue weighted by atomic mass is 10.2. The quantitative estimate of drug-likeness (QED) is 0.504. The molecule has 1 N–H and O–H groups in total. The number of carbonyl (C=O) groups is 2. The number of oxime groups is 1. The standard InChI is InChI=1S/C15H14N2O4S/c1-20-15(19)11-4-6-12(7-5-11)17-14(18)10-21-16-9-13-3-2-8-22-13/h2-9H,10H2,1H3,(H,17,18)/b16-9+. The van der Waals surface area contributed by atoms with Gasteiger partial charge in [0.1, 0.15) is 0 Å². The number of carbonyl (C=O) groups excluding carboxylic acids is 2. The van der Waals surface area contributed by atoms with Gasteiger partial charge in [-0.25, -0.2) is 4.79 Å². The summed E-state index contributed by atoms with van der Waals surface area (Å²) in [5.74, 6) is -0.765. The van der Waals surface area contributed by atoms with Gasteiger partial charge in [-0.1, -0.05) is 11.2 Å². The number of nitrogens with one attached hydrogen (secondary N) is 1. The Morgan fingerprint density at radius 1 is 1.27 bits per heavy atom. The topological polar surface area (TPSA) is 77.0 Å². The van der Waals surface area contributed by atoms with Crippen molar-refractivity contribution in [3.05, 3.63) is 52.2 Å². The number of ether oxygens (including phenoxy) is 1. The van der Waals surface area contributed by atoms with Crippen LogP contribution in [0.4, 0.5) is 5.69 Å². The lowest BCUT2D eigenvalue weighted by Crippen LogP contribution is -2.17. The van der Waals surface area contributed by atoms with E-state index in [4.69, 9.17) is 4.84 Å². The summed E-state index contributed by atoms with van der Waals surface area (Å²) in [7, 11) is 1.31. The molecule has 0 bridgehead atoms. The minimum Gasteiger partial charge on any atom is -0.465 e. The second kappa shape index (κ2) is 7.94. The number of benzene rings is 1. The van der Waals surface area contributed by atoms with Crippen LogP contribution in [0.25, 0.3) is 0 Å². The molecular formula is C15H14N2O4S. The third-order valence-corrected chi connectivity index (χ3v) is 3.39. The smallest absolute Gasteiger partial charge is 0.337 e. The van der Waals surface area contributed by atoms with Gasteiger partial charge in [-0.3, -0.25) is 4.79 Å². The molecule has 0 aliphatic carbocycles. The summed E-state index contributed by atoms with van der Waals surface area (Å²) in [5, 5.41) is 8.26. The predicted octanol–water partition coefficient (Wildman–Crippen LogP) is 2.52. The number of rotatable bonds is 6. The van der Waals surface area contributed by atoms with Crippen molar-refractivity contribution in [3.63, 3.8) is 0 Å². The summed E-state index contributed by atoms with van der Waals surface area (Å²) < 4.78 is 4.59. The first-order valence-electron chi connectivity index (χ1n) is 6.36. The van der Waals surface area contributed by atoms with E-state index in [0.29, 0.717) is 11.3 Å². The molecule has 1 heterocycles. The Hall–Kier alpha value is -2.67. The Kier molecular flexibility index (Phi) is 5.67. The van der Waals surface area contributed by atoms with Crippen LogP contribution in [0, 0.1) is 0 Å². The molecule has 1 aromatic carbocycles. The van der Waals surface area contributed by atoms with Crippen LogP contribution in [0.2, 0.25) is 0 Å². The Labute approximate surface area is 131 Å². The molecule has 1 amide bonds. The van der Waals surface area contributed by atoms with Crippen molar-refractivity contribution >= 4 is 35.1 Å². The lowest BCUT2D eigenvalue weighted by molar-refractivity contribution is -0.120. The number of nitrogens with zero attached hydrogens (tertiary/aromatic N) is 1. The lowest BCUT2D eigenvalue weighted by Gasteiger charge is -2.05. The second-order valence-electron chi connectivity index (χ2n) is 4.14. The molecule has 0 fully saturated rings. The number of hydrogen-bond acceptors (Lipinski definition) is 6. The maximum absolute atomic E-state index is 11.6. The average Bonchev–Trinajstić information content (AvgIpc) is 3.05. The van der Waals surface area contributed by atoms with E-state index in [9.17, 15) is 9.59 Å². The zero-order valence-electron chi connectivity index (χ0n) is 11.8. The summed E-state index contributed by atoms with van der Waals surface area (Å²) in [5.41, 5.74) is 0.973. The molecule has 1 aromatic heterocycles. The molecule has 0 radical (unpaired) electrons. The summed E-state index contributed by atoms with van der Waals surface area (Å²) in [6, 6.07) is 10.1. The monoisotopic (exact) mass is 318 g/mol. The van der Waals surface area contributed by atoms with Gasteiger partial charge in [0.2, 0.25) is 0 Å². The highest BCUT2D eigenvalue weighted by molar-refractivity contribution is 7.11. The fraction of sp³-hybridized carbons (Fsp3) is 0.133. The molecular weight excluding hydrogens is 304 g/mol. The largest absolute Gasteiger partial charge is 0.465 e. The molecule has 0 aliphatic rings. The predicted molar refractivity (Wildman–Crippen MR) is 84.3 cm³/mol. The molecule has 6 nitrogen and oxygen atoms in total. The summed E-state index contributed by atoms with van der Waals surface area (Å²) >= 11 is 1.52. The Morgan fingerprint density at radius 2 is 2.05 bits per heavy atom. The van der Waals surface area contributed by atoms with Gasteiger partial charge in [0, 0.05) is 10.6 Å². The van der Waals surface area contributed by atoms with E-state index in [1.165, 1.54) is 18.4 Å². The van der Waals surface area contributed by atoms with Gasteiger partial charge in [-0.2, -0.15) is 0 Å². The van der Waals surface area contributed by atoms with Crippen LogP contribution >= 0.6 is 11.3 Å². The summed E-state index contributed by atoms with van der Waals surface area (Å²) in [4.78, 5) is 28.8. The number of esters is 1. The minimum atomic E-state index is -0.427. The van der Waals surface area contributed by atoms with Crippen molar-refractivity contribution in [3.8, 4) is 0 Å². The fourth-order valence-electron chi connectivity index (χ4n) is 1.55. The van der Waals surface area contributed by atoms with Crippen LogP contribution in [-0.4, -0.2) is 31.8 Å². The zero-order valence-corrected chi connectivity index (χ0v) is 12.6. The summed E-state index contributed by atoms with van der Waals surface area (Å²) in [6.07, 6.45) is 1.54. The Morgan fingerprint density at radius 3 is 2.68 bits per heavy atom. The van der Waals surface area contributed by atoms with Gasteiger partial charge in [-0.05, 0) is 35.7 Å². The maximum atomic E-state index is 11.6. The SMILES string of the molecule is COC(=O)c1ccc(NC(=O)CO/N=C/c2cccs2)cc1. The number of thiophene rings is 1. The van der Waals surface area contributed by atoms with Crippen LogP contribution in [0.1, 0.15) is 15.2 Å². The van der Waals surface area contributed by atoms with Crippen LogP contribution in [0.3, 0.4) is 0 Å². The van der Waals surface area contributed by atoms with Crippen molar-refractivity contribution in [1.82, 2.24) is 0 Å². The van der Waals surface area contributed by atoms with Crippen molar-refractivity contribution in [2.45, 2.75) is 0 Å². The minimum absolute atomic E-state index is 0.194. The van der Waals surface area contributed by atoms with E-state index in [1.807, 2.05) is 17.5 Å². The van der Waals surface area contributed by atoms with Gasteiger partial charge in [-0.15, -0.1) is 11.3 Å². The normalized spacial score (nSPS) is 10.4. The van der Waals surface area contributed by atoms with Gasteiger partial charge < -0.3 is 14.9 Å². The molecule has 22 heavy (non-hydrogen) atoms. The van der Waals surface area contributed by atoms with Crippen LogP contribution in [0.15, 0.2) is 46.9 Å². The van der Waals surface area contributed by atoms with Crippen molar-refractivity contribution in [2.24, 2.45) is 5.16 Å². The Bertz CT molecular complexity index is 651. The molecule has 2 rings (SSSR count). The van der Waals surface area contributed by atoms with Gasteiger partial charge in [0.25, 0.3) is 5.91 Å². The molecule has 0 atom stereocenters. The molecule has 0 aliphatic heterocycles. The van der Waals surface area contributed by atoms with Crippen molar-refractivity contribution < 1.29 is 19.2 Å². The van der Waals surface area contributed by atoms with Crippen molar-refractivity contribution in [2.75, 3.05) is 19.0 Å². The van der Waals surface area contributed by atoms with Crippen LogP contribution in [0.5, 0.6) is 0 Å². The molecule has 0 saturated heterocycles. The van der Waals surface area contributed by atoms with E-state index in [1.54, 1.807) is 30.5 Å². The first kappa shape index (κ1) is 15.7. The van der Waals surface area contributed by atoms with E-state index in [2.05, 4.69) is 15.2 Å². The first-order valence-corrected chi connectivity index (χ1v) is 7.24. The first-order chi connectivity index (χ1) is 10.7. The van der Waals surface area contributed by atoms with Gasteiger partial charge in [0.05, 0.1) is 18.9 Å². The fourth-order valence-corrected chi connectivity index (χ4v) is 2.13. The van der Waals surface area contributed by atoms with E-state index in [-0.39, 0.29) is 12.5 Å². The second-order valence-corrected chi connectivity index (χ2v) is 5.12. The Balaban J connectivity index is 1.78.